The molecule has 3 aliphatic rings. The first-order valence-corrected chi connectivity index (χ1v) is 12.5. The minimum Gasteiger partial charge on any atom is -0.351 e. The van der Waals surface area contributed by atoms with Crippen LogP contribution in [0.3, 0.4) is 0 Å². The summed E-state index contributed by atoms with van der Waals surface area (Å²) in [6.45, 7) is 6.35. The third kappa shape index (κ3) is 4.76. The molecule has 1 saturated carbocycles. The highest BCUT2D eigenvalue weighted by atomic mass is 16.1. The second-order valence-electron chi connectivity index (χ2n) is 9.81. The number of amides is 1. The van der Waals surface area contributed by atoms with Crippen LogP contribution in [0.25, 0.3) is 11.0 Å². The number of fused-ring (bicyclic) bond motifs is 3. The lowest BCUT2D eigenvalue weighted by molar-refractivity contribution is 0.0894. The molecule has 32 heavy (non-hydrogen) atoms. The number of hydrogen-bond acceptors (Lipinski definition) is 6. The topological polar surface area (TPSA) is 78.3 Å². The van der Waals surface area contributed by atoms with Gasteiger partial charge in [0.15, 0.2) is 0 Å². The van der Waals surface area contributed by atoms with Gasteiger partial charge in [0.05, 0.1) is 0 Å². The number of piperazine rings is 1. The van der Waals surface area contributed by atoms with Crippen molar-refractivity contribution in [2.24, 2.45) is 0 Å². The van der Waals surface area contributed by atoms with Gasteiger partial charge in [-0.25, -0.2) is 4.98 Å². The zero-order valence-corrected chi connectivity index (χ0v) is 19.4. The molecule has 2 N–H and O–H groups in total. The number of nitrogens with zero attached hydrogens (tertiary/aromatic N) is 5. The second-order valence-corrected chi connectivity index (χ2v) is 9.81. The number of carbonyl (C=O) groups excluding carboxylic acids is 1. The van der Waals surface area contributed by atoms with Gasteiger partial charge >= 0.3 is 0 Å². The zero-order valence-electron chi connectivity index (χ0n) is 19.4. The Balaban J connectivity index is 1.26. The van der Waals surface area contributed by atoms with Crippen LogP contribution in [0.4, 0.5) is 5.95 Å². The van der Waals surface area contributed by atoms with E-state index in [4.69, 9.17) is 4.98 Å². The summed E-state index contributed by atoms with van der Waals surface area (Å²) < 4.78 is 2.09. The Morgan fingerprint density at radius 1 is 1.00 bits per heavy atom. The molecule has 0 spiro atoms. The molecule has 174 valence electrons. The summed E-state index contributed by atoms with van der Waals surface area (Å²) in [6.07, 6.45) is 11.1. The normalized spacial score (nSPS) is 26.5. The van der Waals surface area contributed by atoms with Crippen LogP contribution in [0.5, 0.6) is 0 Å². The first kappa shape index (κ1) is 21.6. The van der Waals surface area contributed by atoms with E-state index in [1.807, 2.05) is 12.3 Å². The van der Waals surface area contributed by atoms with Crippen LogP contribution in [-0.4, -0.2) is 82.1 Å². The van der Waals surface area contributed by atoms with E-state index < -0.39 is 0 Å². The van der Waals surface area contributed by atoms with E-state index in [2.05, 4.69) is 37.0 Å². The maximum Gasteiger partial charge on any atom is 0.267 e. The standard InChI is InChI=1S/C24H37N7O/c1-29-12-14-30(15-13-29)20-8-6-19(7-9-20)27-24-26-17-18-16-21-23(32)25-10-4-2-3-5-11-31(21)22(18)28-24/h16-17,19-20H,2-15H2,1H3,(H,25,32)(H,26,27,28)/t19-,20-. The molecule has 1 amide bonds. The molecule has 8 nitrogen and oxygen atoms in total. The zero-order chi connectivity index (χ0) is 21.9. The van der Waals surface area contributed by atoms with Crippen LogP contribution >= 0.6 is 0 Å². The first-order chi connectivity index (χ1) is 15.7. The smallest absolute Gasteiger partial charge is 0.267 e. The summed E-state index contributed by atoms with van der Waals surface area (Å²) in [5.74, 6) is 0.695. The summed E-state index contributed by atoms with van der Waals surface area (Å²) in [5, 5.41) is 7.60. The van der Waals surface area contributed by atoms with Gasteiger partial charge < -0.3 is 20.1 Å². The molecule has 5 rings (SSSR count). The lowest BCUT2D eigenvalue weighted by atomic mass is 9.90. The van der Waals surface area contributed by atoms with Crippen LogP contribution in [0.15, 0.2) is 12.3 Å². The number of nitrogens with one attached hydrogen (secondary N) is 2. The number of hydrogen-bond donors (Lipinski definition) is 2. The molecule has 2 aromatic heterocycles. The fourth-order valence-electron chi connectivity index (χ4n) is 5.52. The van der Waals surface area contributed by atoms with Gasteiger partial charge in [0.2, 0.25) is 5.95 Å². The average Bonchev–Trinajstić information content (AvgIpc) is 3.17. The molecule has 2 fully saturated rings. The fourth-order valence-corrected chi connectivity index (χ4v) is 5.52. The number of likely N-dealkylation sites (N-methyl/N-ethyl adjacent to an activating group) is 1. The van der Waals surface area contributed by atoms with Crippen molar-refractivity contribution in [3.8, 4) is 0 Å². The molecular formula is C24H37N7O. The van der Waals surface area contributed by atoms with Gasteiger partial charge in [-0.1, -0.05) is 12.8 Å². The Labute approximate surface area is 190 Å². The highest BCUT2D eigenvalue weighted by molar-refractivity contribution is 5.98. The molecular weight excluding hydrogens is 402 g/mol. The summed E-state index contributed by atoms with van der Waals surface area (Å²) in [6, 6.07) is 3.09. The van der Waals surface area contributed by atoms with Crippen LogP contribution in [0, 0.1) is 0 Å². The maximum absolute atomic E-state index is 12.7. The van der Waals surface area contributed by atoms with Crippen molar-refractivity contribution >= 4 is 22.9 Å². The molecule has 4 heterocycles. The van der Waals surface area contributed by atoms with Crippen LogP contribution in [0.2, 0.25) is 0 Å². The van der Waals surface area contributed by atoms with Crippen LogP contribution in [0.1, 0.15) is 61.9 Å². The monoisotopic (exact) mass is 439 g/mol. The van der Waals surface area contributed by atoms with E-state index in [1.165, 1.54) is 45.4 Å². The number of rotatable bonds is 3. The van der Waals surface area contributed by atoms with Crippen LogP contribution in [-0.2, 0) is 6.54 Å². The van der Waals surface area contributed by atoms with Crippen molar-refractivity contribution in [1.29, 1.82) is 0 Å². The van der Waals surface area contributed by atoms with Gasteiger partial charge in [0.25, 0.3) is 5.91 Å². The molecule has 0 unspecified atom stereocenters. The van der Waals surface area contributed by atoms with E-state index >= 15 is 0 Å². The average molecular weight is 440 g/mol. The SMILES string of the molecule is CN1CCN([C@H]2CC[C@H](Nc3ncc4cc5n(c4n3)CCCCCCNC5=O)CC2)CC1. The minimum absolute atomic E-state index is 0.00152. The van der Waals surface area contributed by atoms with E-state index in [1.54, 1.807) is 0 Å². The van der Waals surface area contributed by atoms with Crippen molar-refractivity contribution < 1.29 is 4.79 Å². The first-order valence-electron chi connectivity index (χ1n) is 12.5. The summed E-state index contributed by atoms with van der Waals surface area (Å²) in [4.78, 5) is 27.2. The molecule has 1 saturated heterocycles. The van der Waals surface area contributed by atoms with Crippen LogP contribution < -0.4 is 10.6 Å². The summed E-state index contributed by atoms with van der Waals surface area (Å²) >= 11 is 0. The fraction of sp³-hybridized carbons (Fsp3) is 0.708. The largest absolute Gasteiger partial charge is 0.351 e. The Kier molecular flexibility index (Phi) is 6.59. The summed E-state index contributed by atoms with van der Waals surface area (Å²) in [5.41, 5.74) is 1.58. The number of carbonyl (C=O) groups is 1. The third-order valence-electron chi connectivity index (χ3n) is 7.55. The summed E-state index contributed by atoms with van der Waals surface area (Å²) in [7, 11) is 2.22. The van der Waals surface area contributed by atoms with E-state index in [0.717, 1.165) is 62.3 Å². The van der Waals surface area contributed by atoms with E-state index in [-0.39, 0.29) is 5.91 Å². The van der Waals surface area contributed by atoms with Gasteiger partial charge in [-0.05, 0) is 51.6 Å². The highest BCUT2D eigenvalue weighted by Crippen LogP contribution is 2.27. The van der Waals surface area contributed by atoms with Crippen molar-refractivity contribution in [1.82, 2.24) is 29.7 Å². The molecule has 0 aromatic carbocycles. The Bertz CT molecular complexity index is 926. The van der Waals surface area contributed by atoms with E-state index in [9.17, 15) is 4.79 Å². The lowest BCUT2D eigenvalue weighted by Gasteiger charge is -2.41. The van der Waals surface area contributed by atoms with Crippen molar-refractivity contribution in [3.63, 3.8) is 0 Å². The third-order valence-corrected chi connectivity index (χ3v) is 7.55. The number of aromatic nitrogens is 3. The molecule has 2 aromatic rings. The Morgan fingerprint density at radius 3 is 2.59 bits per heavy atom. The van der Waals surface area contributed by atoms with Crippen molar-refractivity contribution in [3.05, 3.63) is 18.0 Å². The Hall–Kier alpha value is -2.19. The predicted octanol–water partition coefficient (Wildman–Crippen LogP) is 2.71. The molecule has 1 aliphatic carbocycles. The van der Waals surface area contributed by atoms with Gasteiger partial charge in [0.1, 0.15) is 11.3 Å². The highest BCUT2D eigenvalue weighted by Gasteiger charge is 2.28. The van der Waals surface area contributed by atoms with Crippen molar-refractivity contribution in [2.75, 3.05) is 45.1 Å². The lowest BCUT2D eigenvalue weighted by Crippen LogP contribution is -2.50. The molecule has 8 heteroatoms. The van der Waals surface area contributed by atoms with Gasteiger partial charge in [-0.15, -0.1) is 0 Å². The number of aryl methyl sites for hydroxylation is 1. The Morgan fingerprint density at radius 2 is 1.78 bits per heavy atom. The van der Waals surface area contributed by atoms with E-state index in [0.29, 0.717) is 17.7 Å². The minimum atomic E-state index is 0.00152. The van der Waals surface area contributed by atoms with Crippen molar-refractivity contribution in [2.45, 2.75) is 70.0 Å². The molecule has 0 radical (unpaired) electrons. The molecule has 2 aliphatic heterocycles. The second kappa shape index (κ2) is 9.75. The molecule has 0 bridgehead atoms. The number of anilines is 1. The maximum atomic E-state index is 12.7. The predicted molar refractivity (Wildman–Crippen MR) is 127 cm³/mol. The molecule has 0 atom stereocenters. The quantitative estimate of drug-likeness (QED) is 0.766. The van der Waals surface area contributed by atoms with Gasteiger partial charge in [-0.3, -0.25) is 9.69 Å². The van der Waals surface area contributed by atoms with Gasteiger partial charge in [-0.2, -0.15) is 4.98 Å². The van der Waals surface area contributed by atoms with Gasteiger partial charge in [0, 0.05) is 62.9 Å².